The summed E-state index contributed by atoms with van der Waals surface area (Å²) in [5, 5.41) is 0. The van der Waals surface area contributed by atoms with Crippen LogP contribution >= 0.6 is 12.2 Å². The predicted molar refractivity (Wildman–Crippen MR) is 89.4 cm³/mol. The van der Waals surface area contributed by atoms with E-state index in [1.807, 2.05) is 49.4 Å². The van der Waals surface area contributed by atoms with Gasteiger partial charge < -0.3 is 15.2 Å². The van der Waals surface area contributed by atoms with Crippen LogP contribution in [0.25, 0.3) is 0 Å². The minimum atomic E-state index is 0.330. The average molecular weight is 301 g/mol. The third-order valence-corrected chi connectivity index (χ3v) is 3.21. The molecule has 2 aromatic rings. The van der Waals surface area contributed by atoms with Crippen molar-refractivity contribution in [1.82, 2.24) is 0 Å². The minimum absolute atomic E-state index is 0.330. The van der Waals surface area contributed by atoms with Crippen molar-refractivity contribution >= 4 is 17.2 Å². The SMILES string of the molecule is CCCOc1ccc(Oc2c(C)cccc2C(N)=S)cc1. The normalized spacial score (nSPS) is 10.2. The highest BCUT2D eigenvalue weighted by molar-refractivity contribution is 7.80. The van der Waals surface area contributed by atoms with E-state index in [-0.39, 0.29) is 0 Å². The Balaban J connectivity index is 2.20. The molecular formula is C17H19NO2S. The van der Waals surface area contributed by atoms with Gasteiger partial charge in [-0.15, -0.1) is 0 Å². The van der Waals surface area contributed by atoms with Crippen molar-refractivity contribution in [3.8, 4) is 17.2 Å². The Hall–Kier alpha value is -2.07. The van der Waals surface area contributed by atoms with Gasteiger partial charge in [0, 0.05) is 0 Å². The molecule has 0 aliphatic carbocycles. The van der Waals surface area contributed by atoms with Gasteiger partial charge in [0.25, 0.3) is 0 Å². The monoisotopic (exact) mass is 301 g/mol. The first kappa shape index (κ1) is 15.3. The van der Waals surface area contributed by atoms with Crippen LogP contribution < -0.4 is 15.2 Å². The van der Waals surface area contributed by atoms with Crippen molar-refractivity contribution in [1.29, 1.82) is 0 Å². The Bertz CT molecular complexity index is 623. The Labute approximate surface area is 130 Å². The number of thiocarbonyl (C=S) groups is 1. The molecule has 2 aromatic carbocycles. The molecule has 0 heterocycles. The highest BCUT2D eigenvalue weighted by Crippen LogP contribution is 2.30. The third-order valence-electron chi connectivity index (χ3n) is 2.99. The molecule has 0 fully saturated rings. The van der Waals surface area contributed by atoms with Crippen LogP contribution in [0.1, 0.15) is 24.5 Å². The van der Waals surface area contributed by atoms with E-state index in [9.17, 15) is 0 Å². The van der Waals surface area contributed by atoms with Gasteiger partial charge in [-0.25, -0.2) is 0 Å². The Morgan fingerprint density at radius 1 is 1.10 bits per heavy atom. The zero-order chi connectivity index (χ0) is 15.2. The Morgan fingerprint density at radius 2 is 1.76 bits per heavy atom. The number of hydrogen-bond acceptors (Lipinski definition) is 3. The van der Waals surface area contributed by atoms with Crippen LogP contribution in [-0.2, 0) is 0 Å². The lowest BCUT2D eigenvalue weighted by molar-refractivity contribution is 0.317. The predicted octanol–water partition coefficient (Wildman–Crippen LogP) is 4.21. The molecule has 0 aromatic heterocycles. The molecule has 21 heavy (non-hydrogen) atoms. The maximum atomic E-state index is 5.94. The summed E-state index contributed by atoms with van der Waals surface area (Å²) >= 11 is 5.07. The van der Waals surface area contributed by atoms with Gasteiger partial charge in [-0.3, -0.25) is 0 Å². The molecule has 110 valence electrons. The van der Waals surface area contributed by atoms with Crippen LogP contribution in [-0.4, -0.2) is 11.6 Å². The van der Waals surface area contributed by atoms with Gasteiger partial charge in [0.1, 0.15) is 22.2 Å². The second-order valence-corrected chi connectivity index (χ2v) is 5.18. The van der Waals surface area contributed by atoms with Crippen LogP contribution in [0.15, 0.2) is 42.5 Å². The molecule has 2 N–H and O–H groups in total. The largest absolute Gasteiger partial charge is 0.494 e. The van der Waals surface area contributed by atoms with E-state index in [1.54, 1.807) is 0 Å². The van der Waals surface area contributed by atoms with E-state index in [1.165, 1.54) is 0 Å². The molecule has 0 spiro atoms. The fraction of sp³-hybridized carbons (Fsp3) is 0.235. The fourth-order valence-electron chi connectivity index (χ4n) is 1.92. The zero-order valence-corrected chi connectivity index (χ0v) is 13.1. The van der Waals surface area contributed by atoms with E-state index < -0.39 is 0 Å². The molecule has 0 aliphatic heterocycles. The molecule has 0 bridgehead atoms. The van der Waals surface area contributed by atoms with Crippen molar-refractivity contribution in [3.05, 3.63) is 53.6 Å². The molecule has 0 atom stereocenters. The standard InChI is InChI=1S/C17H19NO2S/c1-3-11-19-13-7-9-14(10-8-13)20-16-12(2)5-4-6-15(16)17(18)21/h4-10H,3,11H2,1-2H3,(H2,18,21). The van der Waals surface area contributed by atoms with E-state index in [0.29, 0.717) is 17.3 Å². The van der Waals surface area contributed by atoms with Crippen LogP contribution in [0.3, 0.4) is 0 Å². The summed E-state index contributed by atoms with van der Waals surface area (Å²) in [5.74, 6) is 2.27. The second kappa shape index (κ2) is 7.09. The summed E-state index contributed by atoms with van der Waals surface area (Å²) in [4.78, 5) is 0.330. The van der Waals surface area contributed by atoms with Crippen LogP contribution in [0.2, 0.25) is 0 Å². The van der Waals surface area contributed by atoms with Crippen molar-refractivity contribution < 1.29 is 9.47 Å². The zero-order valence-electron chi connectivity index (χ0n) is 12.3. The summed E-state index contributed by atoms with van der Waals surface area (Å²) in [6.07, 6.45) is 0.985. The molecule has 0 saturated carbocycles. The molecule has 0 unspecified atom stereocenters. The van der Waals surface area contributed by atoms with Gasteiger partial charge in [0.2, 0.25) is 0 Å². The third kappa shape index (κ3) is 3.95. The number of hydrogen-bond donors (Lipinski definition) is 1. The van der Waals surface area contributed by atoms with E-state index in [0.717, 1.165) is 29.0 Å². The van der Waals surface area contributed by atoms with Gasteiger partial charge in [0.05, 0.1) is 12.2 Å². The van der Waals surface area contributed by atoms with E-state index in [2.05, 4.69) is 6.92 Å². The van der Waals surface area contributed by atoms with Crippen LogP contribution in [0.5, 0.6) is 17.2 Å². The van der Waals surface area contributed by atoms with Crippen molar-refractivity contribution in [2.24, 2.45) is 5.73 Å². The Morgan fingerprint density at radius 3 is 2.38 bits per heavy atom. The summed E-state index contributed by atoms with van der Waals surface area (Å²) in [5.41, 5.74) is 7.49. The molecule has 4 heteroatoms. The summed E-state index contributed by atoms with van der Waals surface area (Å²) in [7, 11) is 0. The number of nitrogens with two attached hydrogens (primary N) is 1. The van der Waals surface area contributed by atoms with Gasteiger partial charge in [-0.1, -0.05) is 31.3 Å². The summed E-state index contributed by atoms with van der Waals surface area (Å²) < 4.78 is 11.5. The van der Waals surface area contributed by atoms with E-state index >= 15 is 0 Å². The molecular weight excluding hydrogens is 282 g/mol. The molecule has 0 aliphatic rings. The van der Waals surface area contributed by atoms with Gasteiger partial charge in [0.15, 0.2) is 0 Å². The number of ether oxygens (including phenoxy) is 2. The van der Waals surface area contributed by atoms with Crippen molar-refractivity contribution in [2.75, 3.05) is 6.61 Å². The topological polar surface area (TPSA) is 44.5 Å². The molecule has 2 rings (SSSR count). The molecule has 0 saturated heterocycles. The maximum Gasteiger partial charge on any atom is 0.140 e. The molecule has 0 radical (unpaired) electrons. The lowest BCUT2D eigenvalue weighted by Gasteiger charge is -2.13. The summed E-state index contributed by atoms with van der Waals surface area (Å²) in [6.45, 7) is 4.76. The first-order valence-corrected chi connectivity index (χ1v) is 7.32. The second-order valence-electron chi connectivity index (χ2n) is 4.74. The minimum Gasteiger partial charge on any atom is -0.494 e. The lowest BCUT2D eigenvalue weighted by atomic mass is 10.1. The molecule has 0 amide bonds. The number of benzene rings is 2. The smallest absolute Gasteiger partial charge is 0.140 e. The number of rotatable bonds is 6. The van der Waals surface area contributed by atoms with Gasteiger partial charge >= 0.3 is 0 Å². The van der Waals surface area contributed by atoms with Crippen LogP contribution in [0.4, 0.5) is 0 Å². The Kier molecular flexibility index (Phi) is 5.17. The maximum absolute atomic E-state index is 5.94. The lowest BCUT2D eigenvalue weighted by Crippen LogP contribution is -2.11. The van der Waals surface area contributed by atoms with E-state index in [4.69, 9.17) is 27.4 Å². The average Bonchev–Trinajstić information content (AvgIpc) is 2.48. The highest BCUT2D eigenvalue weighted by atomic mass is 32.1. The first-order chi connectivity index (χ1) is 10.1. The van der Waals surface area contributed by atoms with Crippen molar-refractivity contribution in [3.63, 3.8) is 0 Å². The van der Waals surface area contributed by atoms with Crippen molar-refractivity contribution in [2.45, 2.75) is 20.3 Å². The van der Waals surface area contributed by atoms with Gasteiger partial charge in [-0.2, -0.15) is 0 Å². The number of aryl methyl sites for hydroxylation is 1. The quantitative estimate of drug-likeness (QED) is 0.812. The first-order valence-electron chi connectivity index (χ1n) is 6.92. The van der Waals surface area contributed by atoms with Gasteiger partial charge in [-0.05, 0) is 49.2 Å². The summed E-state index contributed by atoms with van der Waals surface area (Å²) in [6, 6.07) is 13.3. The van der Waals surface area contributed by atoms with Crippen LogP contribution in [0, 0.1) is 6.92 Å². The fourth-order valence-corrected chi connectivity index (χ4v) is 2.08. The highest BCUT2D eigenvalue weighted by Gasteiger charge is 2.10. The molecule has 3 nitrogen and oxygen atoms in total. The number of para-hydroxylation sites is 1.